The van der Waals surface area contributed by atoms with Crippen molar-refractivity contribution in [3.63, 3.8) is 0 Å². The monoisotopic (exact) mass is 249 g/mol. The molecule has 0 fully saturated rings. The van der Waals surface area contributed by atoms with Crippen molar-refractivity contribution in [2.24, 2.45) is 0 Å². The van der Waals surface area contributed by atoms with Gasteiger partial charge in [0, 0.05) is 21.1 Å². The van der Waals surface area contributed by atoms with E-state index in [9.17, 15) is 4.79 Å². The van der Waals surface area contributed by atoms with Crippen LogP contribution >= 0.6 is 0 Å². The quantitative estimate of drug-likeness (QED) is 0.532. The third-order valence-corrected chi connectivity index (χ3v) is 1.31. The molecular weight excluding hydrogens is 242 g/mol. The van der Waals surface area contributed by atoms with E-state index in [-0.39, 0.29) is 32.6 Å². The Morgan fingerprint density at radius 1 is 1.50 bits per heavy atom. The molecule has 2 aromatic rings. The third-order valence-electron chi connectivity index (χ3n) is 1.31. The first-order chi connectivity index (χ1) is 5.27. The number of hydrogen-bond donors (Lipinski definition) is 3. The second-order valence-corrected chi connectivity index (χ2v) is 2.05. The largest absolute Gasteiger partial charge is 0.369 e. The number of rotatable bonds is 0. The molecule has 2 rings (SSSR count). The van der Waals surface area contributed by atoms with Crippen molar-refractivity contribution >= 4 is 17.1 Å². The van der Waals surface area contributed by atoms with E-state index in [0.717, 1.165) is 0 Å². The van der Waals surface area contributed by atoms with Gasteiger partial charge in [-0.3, -0.25) is 9.78 Å². The van der Waals surface area contributed by atoms with Crippen molar-refractivity contribution in [3.05, 3.63) is 16.7 Å². The minimum Gasteiger partial charge on any atom is -0.369 e. The number of imidazole rings is 1. The van der Waals surface area contributed by atoms with Crippen LogP contribution in [0.2, 0.25) is 0 Å². The molecule has 0 amide bonds. The van der Waals surface area contributed by atoms with E-state index in [1.165, 1.54) is 6.33 Å². The molecule has 0 aliphatic carbocycles. The van der Waals surface area contributed by atoms with Gasteiger partial charge in [0.25, 0.3) is 5.56 Å². The molecule has 12 heavy (non-hydrogen) atoms. The van der Waals surface area contributed by atoms with Crippen LogP contribution in [0.25, 0.3) is 11.2 Å². The van der Waals surface area contributed by atoms with Crippen LogP contribution in [-0.2, 0) is 21.1 Å². The van der Waals surface area contributed by atoms with Crippen LogP contribution in [0.3, 0.4) is 0 Å². The molecule has 0 saturated heterocycles. The SMILES string of the molecule is Nc1nc2nc[nH]c2c(=O)[nH]1.[Mo]. The Balaban J connectivity index is 0.000000720. The Hall–Kier alpha value is -1.16. The number of anilines is 1. The van der Waals surface area contributed by atoms with Crippen molar-refractivity contribution < 1.29 is 21.1 Å². The molecule has 62 valence electrons. The van der Waals surface area contributed by atoms with Crippen molar-refractivity contribution in [1.29, 1.82) is 0 Å². The first kappa shape index (κ1) is 8.93. The van der Waals surface area contributed by atoms with Crippen LogP contribution in [0, 0.1) is 0 Å². The van der Waals surface area contributed by atoms with Crippen LogP contribution in [0.5, 0.6) is 0 Å². The number of hydrogen-bond acceptors (Lipinski definition) is 4. The number of H-pyrrole nitrogens is 2. The molecule has 4 N–H and O–H groups in total. The zero-order chi connectivity index (χ0) is 7.84. The van der Waals surface area contributed by atoms with Crippen LogP contribution in [0.1, 0.15) is 0 Å². The fraction of sp³-hybridized carbons (Fsp3) is 0. The maximum Gasteiger partial charge on any atom is 0.278 e. The summed E-state index contributed by atoms with van der Waals surface area (Å²) in [6.45, 7) is 0. The molecule has 0 spiro atoms. The maximum absolute atomic E-state index is 11.0. The van der Waals surface area contributed by atoms with E-state index < -0.39 is 0 Å². The molecule has 7 heteroatoms. The zero-order valence-corrected chi connectivity index (χ0v) is 7.87. The summed E-state index contributed by atoms with van der Waals surface area (Å²) in [6, 6.07) is 0. The first-order valence-corrected chi connectivity index (χ1v) is 2.96. The summed E-state index contributed by atoms with van der Waals surface area (Å²) in [6.07, 6.45) is 1.40. The molecule has 0 aliphatic heterocycles. The zero-order valence-electron chi connectivity index (χ0n) is 5.87. The van der Waals surface area contributed by atoms with E-state index in [1.807, 2.05) is 0 Å². The first-order valence-electron chi connectivity index (χ1n) is 2.96. The van der Waals surface area contributed by atoms with Gasteiger partial charge < -0.3 is 10.7 Å². The van der Waals surface area contributed by atoms with E-state index >= 15 is 0 Å². The Morgan fingerprint density at radius 2 is 2.25 bits per heavy atom. The van der Waals surface area contributed by atoms with Gasteiger partial charge in [0.1, 0.15) is 0 Å². The van der Waals surface area contributed by atoms with Crippen LogP contribution in [-0.4, -0.2) is 19.9 Å². The number of aromatic amines is 2. The smallest absolute Gasteiger partial charge is 0.278 e. The normalized spacial score (nSPS) is 9.67. The molecule has 0 atom stereocenters. The summed E-state index contributed by atoms with van der Waals surface area (Å²) in [5.74, 6) is 0.0783. The van der Waals surface area contributed by atoms with Gasteiger partial charge in [-0.25, -0.2) is 4.98 Å². The summed E-state index contributed by atoms with van der Waals surface area (Å²) in [7, 11) is 0. The van der Waals surface area contributed by atoms with E-state index in [0.29, 0.717) is 11.2 Å². The number of fused-ring (bicyclic) bond motifs is 1. The number of nitrogens with two attached hydrogens (primary N) is 1. The topological polar surface area (TPSA) is 100 Å². The van der Waals surface area contributed by atoms with Gasteiger partial charge in [-0.2, -0.15) is 4.98 Å². The summed E-state index contributed by atoms with van der Waals surface area (Å²) < 4.78 is 0. The van der Waals surface area contributed by atoms with Gasteiger partial charge in [0.05, 0.1) is 6.33 Å². The second kappa shape index (κ2) is 3.06. The van der Waals surface area contributed by atoms with Gasteiger partial charge in [0.2, 0.25) is 5.95 Å². The van der Waals surface area contributed by atoms with Crippen LogP contribution in [0.15, 0.2) is 11.1 Å². The standard InChI is InChI=1S/C5H5N5O.Mo/c6-5-9-3-2(4(11)10-5)7-1-8-3;/h1H,(H4,6,7,8,9,10,11);. The summed E-state index contributed by atoms with van der Waals surface area (Å²) in [5.41, 5.74) is 5.65. The van der Waals surface area contributed by atoms with E-state index in [2.05, 4.69) is 19.9 Å². The fourth-order valence-corrected chi connectivity index (χ4v) is 0.860. The molecule has 0 radical (unpaired) electrons. The van der Waals surface area contributed by atoms with Gasteiger partial charge in [0.15, 0.2) is 11.2 Å². The third kappa shape index (κ3) is 1.25. The molecule has 2 heterocycles. The van der Waals surface area contributed by atoms with Gasteiger partial charge >= 0.3 is 0 Å². The molecule has 0 unspecified atom stereocenters. The summed E-state index contributed by atoms with van der Waals surface area (Å²) >= 11 is 0. The predicted molar refractivity (Wildman–Crippen MR) is 38.9 cm³/mol. The minimum absolute atomic E-state index is 0. The maximum atomic E-state index is 11.0. The summed E-state index contributed by atoms with van der Waals surface area (Å²) in [4.78, 5) is 23.5. The van der Waals surface area contributed by atoms with Crippen LogP contribution in [0.4, 0.5) is 5.95 Å². The van der Waals surface area contributed by atoms with Crippen LogP contribution < -0.4 is 11.3 Å². The van der Waals surface area contributed by atoms with Crippen molar-refractivity contribution in [2.75, 3.05) is 5.73 Å². The molecule has 0 aromatic carbocycles. The minimum atomic E-state index is -0.301. The van der Waals surface area contributed by atoms with Gasteiger partial charge in [-0.1, -0.05) is 0 Å². The number of nitrogen functional groups attached to an aromatic ring is 1. The Morgan fingerprint density at radius 3 is 3.00 bits per heavy atom. The fourth-order valence-electron chi connectivity index (χ4n) is 0.860. The Bertz CT molecular complexity index is 446. The van der Waals surface area contributed by atoms with Crippen molar-refractivity contribution in [1.82, 2.24) is 19.9 Å². The summed E-state index contributed by atoms with van der Waals surface area (Å²) in [5, 5.41) is 0. The van der Waals surface area contributed by atoms with E-state index in [4.69, 9.17) is 5.73 Å². The van der Waals surface area contributed by atoms with Gasteiger partial charge in [-0.15, -0.1) is 0 Å². The Labute approximate surface area is 80.9 Å². The molecule has 0 aliphatic rings. The molecule has 0 bridgehead atoms. The Kier molecular flexibility index (Phi) is 2.28. The van der Waals surface area contributed by atoms with Crippen molar-refractivity contribution in [3.8, 4) is 0 Å². The van der Waals surface area contributed by atoms with E-state index in [1.54, 1.807) is 0 Å². The van der Waals surface area contributed by atoms with Gasteiger partial charge in [-0.05, 0) is 0 Å². The van der Waals surface area contributed by atoms with Crippen molar-refractivity contribution in [2.45, 2.75) is 0 Å². The predicted octanol–water partition coefficient (Wildman–Crippen LogP) is -0.774. The average Bonchev–Trinajstić information content (AvgIpc) is 2.34. The number of nitrogens with one attached hydrogen (secondary N) is 2. The average molecular weight is 247 g/mol. The molecule has 0 saturated carbocycles. The second-order valence-electron chi connectivity index (χ2n) is 2.05. The molecular formula is C5H5MoN5O. The number of aromatic nitrogens is 4. The molecule has 2 aromatic heterocycles. The number of nitrogens with zero attached hydrogens (tertiary/aromatic N) is 2. The molecule has 6 nitrogen and oxygen atoms in total.